The van der Waals surface area contributed by atoms with Crippen LogP contribution in [-0.4, -0.2) is 38.1 Å². The first-order valence-corrected chi connectivity index (χ1v) is 5.40. The van der Waals surface area contributed by atoms with E-state index in [4.69, 9.17) is 14.2 Å². The second kappa shape index (κ2) is 10.2. The van der Waals surface area contributed by atoms with Crippen LogP contribution in [-0.2, 0) is 33.3 Å². The molecule has 0 rings (SSSR count). The molecule has 7 heteroatoms. The SMILES string of the molecule is C=CC(OCOC(C)=O)OC(C=C)OCOC(C)=O. The molecule has 2 unspecified atom stereocenters. The molecule has 0 aliphatic rings. The Kier molecular flexibility index (Phi) is 9.33. The standard InChI is InChI=1S/C12H18O7/c1-5-11(17-7-15-9(3)13)19-12(6-2)18-8-16-10(4)14/h5-6,11-12H,1-2,7-8H2,3-4H3. The maximum atomic E-state index is 10.5. The maximum absolute atomic E-state index is 10.5. The van der Waals surface area contributed by atoms with Crippen LogP contribution in [0.4, 0.5) is 0 Å². The average Bonchev–Trinajstić information content (AvgIpc) is 2.34. The fourth-order valence-corrected chi connectivity index (χ4v) is 0.826. The second-order valence-electron chi connectivity index (χ2n) is 3.19. The third-order valence-electron chi connectivity index (χ3n) is 1.64. The van der Waals surface area contributed by atoms with Crippen molar-refractivity contribution in [1.29, 1.82) is 0 Å². The van der Waals surface area contributed by atoms with Gasteiger partial charge >= 0.3 is 11.9 Å². The van der Waals surface area contributed by atoms with Crippen molar-refractivity contribution < 1.29 is 33.3 Å². The summed E-state index contributed by atoms with van der Waals surface area (Å²) in [6.07, 6.45) is 0.962. The van der Waals surface area contributed by atoms with E-state index in [1.54, 1.807) is 0 Å². The molecular weight excluding hydrogens is 256 g/mol. The molecule has 0 spiro atoms. The van der Waals surface area contributed by atoms with E-state index < -0.39 is 24.5 Å². The van der Waals surface area contributed by atoms with Crippen LogP contribution in [0, 0.1) is 0 Å². The Hall–Kier alpha value is -1.70. The lowest BCUT2D eigenvalue weighted by Gasteiger charge is -2.20. The van der Waals surface area contributed by atoms with Gasteiger partial charge in [0.2, 0.25) is 0 Å². The molecule has 0 aromatic rings. The van der Waals surface area contributed by atoms with Crippen molar-refractivity contribution in [3.8, 4) is 0 Å². The van der Waals surface area contributed by atoms with Gasteiger partial charge in [0, 0.05) is 13.8 Å². The largest absolute Gasteiger partial charge is 0.439 e. The van der Waals surface area contributed by atoms with Gasteiger partial charge < -0.3 is 23.7 Å². The van der Waals surface area contributed by atoms with E-state index in [0.717, 1.165) is 0 Å². The highest BCUT2D eigenvalue weighted by atomic mass is 16.8. The smallest absolute Gasteiger partial charge is 0.304 e. The highest BCUT2D eigenvalue weighted by molar-refractivity contribution is 5.66. The van der Waals surface area contributed by atoms with Gasteiger partial charge in [0.1, 0.15) is 0 Å². The summed E-state index contributed by atoms with van der Waals surface area (Å²) in [6.45, 7) is 8.93. The predicted molar refractivity (Wildman–Crippen MR) is 64.5 cm³/mol. The Balaban J connectivity index is 4.01. The Morgan fingerprint density at radius 3 is 1.58 bits per heavy atom. The first-order chi connectivity index (χ1) is 8.99. The van der Waals surface area contributed by atoms with Crippen LogP contribution < -0.4 is 0 Å². The minimum atomic E-state index is -0.861. The van der Waals surface area contributed by atoms with Crippen molar-refractivity contribution in [2.24, 2.45) is 0 Å². The summed E-state index contributed by atoms with van der Waals surface area (Å²) in [5.74, 6) is -0.955. The van der Waals surface area contributed by atoms with Gasteiger partial charge in [-0.3, -0.25) is 9.59 Å². The molecule has 0 N–H and O–H groups in total. The molecule has 0 saturated carbocycles. The van der Waals surface area contributed by atoms with Crippen LogP contribution >= 0.6 is 0 Å². The van der Waals surface area contributed by atoms with E-state index in [9.17, 15) is 9.59 Å². The van der Waals surface area contributed by atoms with Crippen molar-refractivity contribution in [3.05, 3.63) is 25.3 Å². The summed E-state index contributed by atoms with van der Waals surface area (Å²) in [6, 6.07) is 0. The van der Waals surface area contributed by atoms with E-state index in [0.29, 0.717) is 0 Å². The number of carbonyl (C=O) groups excluding carboxylic acids is 2. The second-order valence-corrected chi connectivity index (χ2v) is 3.19. The first-order valence-electron chi connectivity index (χ1n) is 5.40. The van der Waals surface area contributed by atoms with Crippen molar-refractivity contribution >= 4 is 11.9 Å². The molecule has 0 radical (unpaired) electrons. The molecule has 0 aromatic carbocycles. The Morgan fingerprint density at radius 1 is 0.947 bits per heavy atom. The summed E-state index contributed by atoms with van der Waals surface area (Å²) < 4.78 is 24.5. The molecule has 0 aliphatic carbocycles. The lowest BCUT2D eigenvalue weighted by Crippen LogP contribution is -2.26. The van der Waals surface area contributed by atoms with Gasteiger partial charge in [-0.1, -0.05) is 13.2 Å². The molecule has 0 heterocycles. The van der Waals surface area contributed by atoms with E-state index >= 15 is 0 Å². The van der Waals surface area contributed by atoms with Crippen LogP contribution in [0.5, 0.6) is 0 Å². The quantitative estimate of drug-likeness (QED) is 0.335. The topological polar surface area (TPSA) is 80.3 Å². The Labute approximate surface area is 111 Å². The van der Waals surface area contributed by atoms with E-state index in [2.05, 4.69) is 22.6 Å². The van der Waals surface area contributed by atoms with Gasteiger partial charge in [-0.25, -0.2) is 0 Å². The average molecular weight is 274 g/mol. The van der Waals surface area contributed by atoms with Gasteiger partial charge in [-0.2, -0.15) is 0 Å². The van der Waals surface area contributed by atoms with Gasteiger partial charge in [0.15, 0.2) is 26.2 Å². The lowest BCUT2D eigenvalue weighted by molar-refractivity contribution is -0.247. The lowest BCUT2D eigenvalue weighted by atomic mass is 10.5. The molecule has 2 atom stereocenters. The van der Waals surface area contributed by atoms with Crippen LogP contribution in [0.15, 0.2) is 25.3 Å². The van der Waals surface area contributed by atoms with Crippen molar-refractivity contribution in [3.63, 3.8) is 0 Å². The van der Waals surface area contributed by atoms with E-state index in [1.165, 1.54) is 26.0 Å². The molecule has 7 nitrogen and oxygen atoms in total. The molecule has 0 bridgehead atoms. The summed E-state index contributed by atoms with van der Waals surface area (Å²) in [5, 5.41) is 0. The molecule has 0 aromatic heterocycles. The van der Waals surface area contributed by atoms with Crippen LogP contribution in [0.1, 0.15) is 13.8 Å². The van der Waals surface area contributed by atoms with E-state index in [-0.39, 0.29) is 13.6 Å². The third-order valence-corrected chi connectivity index (χ3v) is 1.64. The number of ether oxygens (including phenoxy) is 5. The minimum absolute atomic E-state index is 0.278. The summed E-state index contributed by atoms with van der Waals surface area (Å²) in [4.78, 5) is 21.1. The fourth-order valence-electron chi connectivity index (χ4n) is 0.826. The predicted octanol–water partition coefficient (Wildman–Crippen LogP) is 1.10. The highest BCUT2D eigenvalue weighted by Crippen LogP contribution is 2.05. The van der Waals surface area contributed by atoms with E-state index in [1.807, 2.05) is 0 Å². The zero-order valence-corrected chi connectivity index (χ0v) is 11.0. The fraction of sp³-hybridized carbons (Fsp3) is 0.500. The van der Waals surface area contributed by atoms with Crippen molar-refractivity contribution in [1.82, 2.24) is 0 Å². The number of carbonyl (C=O) groups is 2. The number of rotatable bonds is 10. The monoisotopic (exact) mass is 274 g/mol. The zero-order chi connectivity index (χ0) is 14.7. The maximum Gasteiger partial charge on any atom is 0.304 e. The molecule has 0 fully saturated rings. The molecular formula is C12H18O7. The number of hydrogen-bond acceptors (Lipinski definition) is 7. The first kappa shape index (κ1) is 17.3. The molecule has 0 aliphatic heterocycles. The Morgan fingerprint density at radius 2 is 1.32 bits per heavy atom. The molecule has 0 saturated heterocycles. The number of esters is 2. The molecule has 108 valence electrons. The van der Waals surface area contributed by atoms with Crippen molar-refractivity contribution in [2.75, 3.05) is 13.6 Å². The summed E-state index contributed by atoms with van der Waals surface area (Å²) in [7, 11) is 0. The Bertz CT molecular complexity index is 283. The highest BCUT2D eigenvalue weighted by Gasteiger charge is 2.13. The van der Waals surface area contributed by atoms with Gasteiger partial charge in [0.05, 0.1) is 0 Å². The van der Waals surface area contributed by atoms with Crippen molar-refractivity contribution in [2.45, 2.75) is 26.4 Å². The summed E-state index contributed by atoms with van der Waals surface area (Å²) >= 11 is 0. The molecule has 19 heavy (non-hydrogen) atoms. The normalized spacial score (nSPS) is 13.2. The van der Waals surface area contributed by atoms with Gasteiger partial charge in [-0.15, -0.1) is 0 Å². The van der Waals surface area contributed by atoms with Crippen LogP contribution in [0.3, 0.4) is 0 Å². The minimum Gasteiger partial charge on any atom is -0.439 e. The number of hydrogen-bond donors (Lipinski definition) is 0. The zero-order valence-electron chi connectivity index (χ0n) is 11.0. The molecule has 0 amide bonds. The van der Waals surface area contributed by atoms with Crippen LogP contribution in [0.2, 0.25) is 0 Å². The van der Waals surface area contributed by atoms with Gasteiger partial charge in [0.25, 0.3) is 0 Å². The summed E-state index contributed by atoms with van der Waals surface area (Å²) in [5.41, 5.74) is 0. The van der Waals surface area contributed by atoms with Gasteiger partial charge in [-0.05, 0) is 12.2 Å². The van der Waals surface area contributed by atoms with Crippen LogP contribution in [0.25, 0.3) is 0 Å². The third kappa shape index (κ3) is 9.95.